The van der Waals surface area contributed by atoms with Crippen LogP contribution >= 0.6 is 0 Å². The smallest absolute Gasteiger partial charge is 0.326 e. The Kier molecular flexibility index (Phi) is 4.41. The first kappa shape index (κ1) is 17.6. The van der Waals surface area contributed by atoms with E-state index in [2.05, 4.69) is 5.32 Å². The van der Waals surface area contributed by atoms with Gasteiger partial charge in [0.2, 0.25) is 11.8 Å². The van der Waals surface area contributed by atoms with Crippen LogP contribution in [0.25, 0.3) is 0 Å². The number of imide groups is 1. The molecule has 2 aliphatic rings. The van der Waals surface area contributed by atoms with Crippen LogP contribution in [0.1, 0.15) is 37.4 Å². The van der Waals surface area contributed by atoms with Crippen molar-refractivity contribution in [2.75, 3.05) is 13.7 Å². The molecule has 134 valence electrons. The summed E-state index contributed by atoms with van der Waals surface area (Å²) in [7, 11) is 1.31. The van der Waals surface area contributed by atoms with Gasteiger partial charge >= 0.3 is 5.97 Å². The minimum absolute atomic E-state index is 0.213. The van der Waals surface area contributed by atoms with Crippen LogP contribution in [0, 0.1) is 18.8 Å². The number of nitrogens with one attached hydrogen (secondary N) is 1. The zero-order chi connectivity index (χ0) is 18.4. The summed E-state index contributed by atoms with van der Waals surface area (Å²) >= 11 is 0. The Hall–Kier alpha value is -2.21. The molecule has 0 aliphatic carbocycles. The van der Waals surface area contributed by atoms with E-state index < -0.39 is 29.4 Å². The van der Waals surface area contributed by atoms with Gasteiger partial charge in [0.05, 0.1) is 18.9 Å². The first-order valence-electron chi connectivity index (χ1n) is 8.69. The summed E-state index contributed by atoms with van der Waals surface area (Å²) in [6.07, 6.45) is 0.375. The topological polar surface area (TPSA) is 75.7 Å². The van der Waals surface area contributed by atoms with Crippen LogP contribution in [0.5, 0.6) is 0 Å². The molecule has 2 aliphatic heterocycles. The lowest BCUT2D eigenvalue weighted by Crippen LogP contribution is -2.55. The van der Waals surface area contributed by atoms with Gasteiger partial charge in [-0.3, -0.25) is 24.6 Å². The molecule has 3 rings (SSSR count). The standard InChI is InChI=1S/C19H24N2O4/c1-5-19(18(24)25-4)14-13(16(22)21(6-2)17(14)23)15(20-19)12-9-7-11(3)8-10-12/h7-10,13-15,20H,5-6H2,1-4H3/t13-,14+,15-,19+/m0/s1. The number of likely N-dealkylation sites (tertiary alicyclic amines) is 1. The van der Waals surface area contributed by atoms with E-state index in [0.29, 0.717) is 13.0 Å². The van der Waals surface area contributed by atoms with E-state index in [9.17, 15) is 14.4 Å². The van der Waals surface area contributed by atoms with E-state index in [1.165, 1.54) is 12.0 Å². The minimum atomic E-state index is -1.17. The van der Waals surface area contributed by atoms with Crippen LogP contribution < -0.4 is 5.32 Å². The highest BCUT2D eigenvalue weighted by Gasteiger charge is 2.67. The van der Waals surface area contributed by atoms with Gasteiger partial charge in [-0.15, -0.1) is 0 Å². The van der Waals surface area contributed by atoms with Crippen molar-refractivity contribution in [2.45, 2.75) is 38.8 Å². The molecule has 0 radical (unpaired) electrons. The number of hydrogen-bond acceptors (Lipinski definition) is 5. The summed E-state index contributed by atoms with van der Waals surface area (Å²) in [6, 6.07) is 7.43. The predicted molar refractivity (Wildman–Crippen MR) is 91.5 cm³/mol. The summed E-state index contributed by atoms with van der Waals surface area (Å²) in [5.74, 6) is -2.31. The van der Waals surface area contributed by atoms with Gasteiger partial charge < -0.3 is 4.74 Å². The summed E-state index contributed by atoms with van der Waals surface area (Å²) < 4.78 is 5.01. The molecule has 2 saturated heterocycles. The van der Waals surface area contributed by atoms with Gasteiger partial charge in [0.25, 0.3) is 0 Å². The van der Waals surface area contributed by atoms with E-state index in [4.69, 9.17) is 4.74 Å². The molecule has 2 heterocycles. The Morgan fingerprint density at radius 2 is 1.84 bits per heavy atom. The largest absolute Gasteiger partial charge is 0.468 e. The maximum absolute atomic E-state index is 12.9. The van der Waals surface area contributed by atoms with Crippen LogP contribution in [-0.2, 0) is 19.1 Å². The molecule has 0 aromatic heterocycles. The van der Waals surface area contributed by atoms with Crippen molar-refractivity contribution in [3.8, 4) is 0 Å². The Morgan fingerprint density at radius 3 is 2.36 bits per heavy atom. The van der Waals surface area contributed by atoms with E-state index in [0.717, 1.165) is 11.1 Å². The molecule has 4 atom stereocenters. The number of benzene rings is 1. The number of methoxy groups -OCH3 is 1. The molecule has 6 nitrogen and oxygen atoms in total. The number of fused-ring (bicyclic) bond motifs is 1. The zero-order valence-electron chi connectivity index (χ0n) is 15.0. The lowest BCUT2D eigenvalue weighted by atomic mass is 9.78. The monoisotopic (exact) mass is 344 g/mol. The third-order valence-electron chi connectivity index (χ3n) is 5.61. The average molecular weight is 344 g/mol. The van der Waals surface area contributed by atoms with Crippen molar-refractivity contribution < 1.29 is 19.1 Å². The van der Waals surface area contributed by atoms with Gasteiger partial charge in [-0.05, 0) is 25.8 Å². The van der Waals surface area contributed by atoms with Gasteiger partial charge in [0, 0.05) is 12.6 Å². The van der Waals surface area contributed by atoms with E-state index in [1.807, 2.05) is 38.1 Å². The van der Waals surface area contributed by atoms with Gasteiger partial charge in [-0.25, -0.2) is 0 Å². The van der Waals surface area contributed by atoms with Crippen molar-refractivity contribution in [1.82, 2.24) is 10.2 Å². The Morgan fingerprint density at radius 1 is 1.20 bits per heavy atom. The fourth-order valence-corrected chi connectivity index (χ4v) is 4.27. The second kappa shape index (κ2) is 6.26. The second-order valence-corrected chi connectivity index (χ2v) is 6.77. The molecule has 0 saturated carbocycles. The van der Waals surface area contributed by atoms with Gasteiger partial charge in [0.15, 0.2) is 0 Å². The third-order valence-corrected chi connectivity index (χ3v) is 5.61. The minimum Gasteiger partial charge on any atom is -0.468 e. The van der Waals surface area contributed by atoms with Crippen LogP contribution in [0.15, 0.2) is 24.3 Å². The molecule has 1 N–H and O–H groups in total. The number of esters is 1. The number of aryl methyl sites for hydroxylation is 1. The molecule has 2 fully saturated rings. The fraction of sp³-hybridized carbons (Fsp3) is 0.526. The fourth-order valence-electron chi connectivity index (χ4n) is 4.27. The summed E-state index contributed by atoms with van der Waals surface area (Å²) in [4.78, 5) is 39.7. The van der Waals surface area contributed by atoms with Crippen molar-refractivity contribution in [3.63, 3.8) is 0 Å². The van der Waals surface area contributed by atoms with Crippen molar-refractivity contribution in [1.29, 1.82) is 0 Å². The predicted octanol–water partition coefficient (Wildman–Crippen LogP) is 1.58. The van der Waals surface area contributed by atoms with Gasteiger partial charge in [-0.1, -0.05) is 36.8 Å². The molecule has 1 aromatic carbocycles. The number of ether oxygens (including phenoxy) is 1. The zero-order valence-corrected chi connectivity index (χ0v) is 15.0. The van der Waals surface area contributed by atoms with Crippen LogP contribution in [0.3, 0.4) is 0 Å². The van der Waals surface area contributed by atoms with Crippen molar-refractivity contribution >= 4 is 17.8 Å². The highest BCUT2D eigenvalue weighted by atomic mass is 16.5. The normalized spacial score (nSPS) is 31.4. The van der Waals surface area contributed by atoms with Crippen LogP contribution in [-0.4, -0.2) is 41.9 Å². The maximum Gasteiger partial charge on any atom is 0.326 e. The molecule has 6 heteroatoms. The molecule has 0 spiro atoms. The lowest BCUT2D eigenvalue weighted by molar-refractivity contribution is -0.154. The average Bonchev–Trinajstić information content (AvgIpc) is 3.10. The van der Waals surface area contributed by atoms with E-state index >= 15 is 0 Å². The maximum atomic E-state index is 12.9. The summed E-state index contributed by atoms with van der Waals surface area (Å²) in [5.41, 5.74) is 0.835. The number of rotatable bonds is 4. The molecular formula is C19H24N2O4. The quantitative estimate of drug-likeness (QED) is 0.663. The highest BCUT2D eigenvalue weighted by Crippen LogP contribution is 2.50. The first-order chi connectivity index (χ1) is 11.9. The van der Waals surface area contributed by atoms with Gasteiger partial charge in [-0.2, -0.15) is 0 Å². The molecule has 0 bridgehead atoms. The number of carbonyl (C=O) groups is 3. The van der Waals surface area contributed by atoms with E-state index in [-0.39, 0.29) is 11.8 Å². The number of amides is 2. The van der Waals surface area contributed by atoms with Gasteiger partial charge in [0.1, 0.15) is 5.54 Å². The molecule has 25 heavy (non-hydrogen) atoms. The molecular weight excluding hydrogens is 320 g/mol. The molecule has 0 unspecified atom stereocenters. The highest BCUT2D eigenvalue weighted by molar-refractivity contribution is 6.09. The molecule has 2 amide bonds. The number of nitrogens with zero attached hydrogens (tertiary/aromatic N) is 1. The van der Waals surface area contributed by atoms with Crippen molar-refractivity contribution in [2.24, 2.45) is 11.8 Å². The summed E-state index contributed by atoms with van der Waals surface area (Å²) in [6.45, 7) is 5.91. The number of carbonyl (C=O) groups excluding carboxylic acids is 3. The lowest BCUT2D eigenvalue weighted by Gasteiger charge is -2.31. The van der Waals surface area contributed by atoms with Crippen molar-refractivity contribution in [3.05, 3.63) is 35.4 Å². The Balaban J connectivity index is 2.13. The third kappa shape index (κ3) is 2.39. The Labute approximate surface area is 147 Å². The second-order valence-electron chi connectivity index (χ2n) is 6.77. The SMILES string of the molecule is CCN1C(=O)[C@@H]2[C@H](c3ccc(C)cc3)N[C@@](CC)(C(=O)OC)[C@H]2C1=O. The van der Waals surface area contributed by atoms with E-state index in [1.54, 1.807) is 6.92 Å². The Bertz CT molecular complexity index is 715. The first-order valence-corrected chi connectivity index (χ1v) is 8.69. The van der Waals surface area contributed by atoms with Crippen LogP contribution in [0.2, 0.25) is 0 Å². The number of hydrogen-bond donors (Lipinski definition) is 1. The molecule has 1 aromatic rings. The summed E-state index contributed by atoms with van der Waals surface area (Å²) in [5, 5.41) is 3.31. The van der Waals surface area contributed by atoms with Crippen LogP contribution in [0.4, 0.5) is 0 Å².